The molecule has 0 fully saturated rings. The van der Waals surface area contributed by atoms with Gasteiger partial charge in [0.05, 0.1) is 18.3 Å². The molecule has 1 aromatic heterocycles. The summed E-state index contributed by atoms with van der Waals surface area (Å²) < 4.78 is 0. The maximum Gasteiger partial charge on any atom is 0.237 e. The molecule has 5 heteroatoms. The van der Waals surface area contributed by atoms with Gasteiger partial charge >= 0.3 is 0 Å². The van der Waals surface area contributed by atoms with Crippen molar-refractivity contribution in [2.75, 3.05) is 0 Å². The molecule has 3 N–H and O–H groups in total. The van der Waals surface area contributed by atoms with Gasteiger partial charge in [0.15, 0.2) is 0 Å². The van der Waals surface area contributed by atoms with Crippen LogP contribution in [0.15, 0.2) is 18.3 Å². The van der Waals surface area contributed by atoms with Crippen molar-refractivity contribution < 1.29 is 4.79 Å². The van der Waals surface area contributed by atoms with Crippen LogP contribution in [0.1, 0.15) is 31.9 Å². The van der Waals surface area contributed by atoms with E-state index in [0.717, 1.165) is 25.0 Å². The van der Waals surface area contributed by atoms with Crippen LogP contribution in [0.25, 0.3) is 0 Å². The molecule has 1 amide bonds. The van der Waals surface area contributed by atoms with E-state index in [4.69, 9.17) is 5.73 Å². The minimum atomic E-state index is -0.420. The van der Waals surface area contributed by atoms with Crippen molar-refractivity contribution in [1.82, 2.24) is 15.5 Å². The molecule has 16 heavy (non-hydrogen) atoms. The molecule has 5 nitrogen and oxygen atoms in total. The van der Waals surface area contributed by atoms with E-state index in [1.807, 2.05) is 6.07 Å². The van der Waals surface area contributed by atoms with Gasteiger partial charge in [0.1, 0.15) is 0 Å². The molecule has 1 atom stereocenters. The molecule has 0 spiro atoms. The zero-order valence-electron chi connectivity index (χ0n) is 9.52. The minimum absolute atomic E-state index is 0.126. The molecule has 1 aromatic rings. The van der Waals surface area contributed by atoms with Crippen molar-refractivity contribution in [2.24, 2.45) is 5.73 Å². The number of nitrogens with two attached hydrogens (primary N) is 1. The maximum absolute atomic E-state index is 11.5. The third-order valence-electron chi connectivity index (χ3n) is 2.28. The summed E-state index contributed by atoms with van der Waals surface area (Å²) in [6.07, 6.45) is 4.34. The number of carbonyl (C=O) groups is 1. The highest BCUT2D eigenvalue weighted by Gasteiger charge is 2.11. The van der Waals surface area contributed by atoms with Crippen LogP contribution in [-0.4, -0.2) is 22.1 Å². The molecular weight excluding hydrogens is 204 g/mol. The monoisotopic (exact) mass is 222 g/mol. The van der Waals surface area contributed by atoms with E-state index in [-0.39, 0.29) is 5.91 Å². The van der Waals surface area contributed by atoms with Gasteiger partial charge in [0.2, 0.25) is 5.91 Å². The van der Waals surface area contributed by atoms with Gasteiger partial charge in [-0.25, -0.2) is 0 Å². The Morgan fingerprint density at radius 2 is 2.44 bits per heavy atom. The van der Waals surface area contributed by atoms with Gasteiger partial charge in [-0.1, -0.05) is 19.8 Å². The third-order valence-corrected chi connectivity index (χ3v) is 2.28. The van der Waals surface area contributed by atoms with Crippen LogP contribution in [-0.2, 0) is 11.3 Å². The van der Waals surface area contributed by atoms with Gasteiger partial charge in [-0.3, -0.25) is 4.79 Å². The Hall–Kier alpha value is -1.49. The van der Waals surface area contributed by atoms with Crippen molar-refractivity contribution in [3.05, 3.63) is 24.0 Å². The number of unbranched alkanes of at least 4 members (excludes halogenated alkanes) is 1. The lowest BCUT2D eigenvalue weighted by atomic mass is 10.1. The average Bonchev–Trinajstić information content (AvgIpc) is 2.34. The zero-order valence-corrected chi connectivity index (χ0v) is 9.52. The molecule has 0 aliphatic carbocycles. The van der Waals surface area contributed by atoms with Gasteiger partial charge < -0.3 is 11.1 Å². The first kappa shape index (κ1) is 12.6. The molecule has 0 aliphatic heterocycles. The van der Waals surface area contributed by atoms with Crippen molar-refractivity contribution >= 4 is 5.91 Å². The van der Waals surface area contributed by atoms with Gasteiger partial charge in [0.25, 0.3) is 0 Å². The Bertz CT molecular complexity index is 315. The molecule has 0 aromatic carbocycles. The van der Waals surface area contributed by atoms with Crippen LogP contribution in [0.5, 0.6) is 0 Å². The fourth-order valence-electron chi connectivity index (χ4n) is 1.29. The number of nitrogens with zero attached hydrogens (tertiary/aromatic N) is 2. The Labute approximate surface area is 95.4 Å². The summed E-state index contributed by atoms with van der Waals surface area (Å²) in [4.78, 5) is 11.5. The summed E-state index contributed by atoms with van der Waals surface area (Å²) in [5, 5.41) is 10.3. The number of nitrogens with one attached hydrogen (secondary N) is 1. The molecule has 0 saturated carbocycles. The van der Waals surface area contributed by atoms with Crippen LogP contribution in [0.3, 0.4) is 0 Å². The van der Waals surface area contributed by atoms with Crippen molar-refractivity contribution in [3.8, 4) is 0 Å². The molecule has 0 radical (unpaired) electrons. The summed E-state index contributed by atoms with van der Waals surface area (Å²) in [5.41, 5.74) is 6.45. The predicted molar refractivity (Wildman–Crippen MR) is 61.4 cm³/mol. The van der Waals surface area contributed by atoms with Gasteiger partial charge in [0, 0.05) is 6.20 Å². The Kier molecular flexibility index (Phi) is 5.42. The Morgan fingerprint density at radius 3 is 3.06 bits per heavy atom. The standard InChI is InChI=1S/C11H18N4O/c1-2-3-6-10(12)11(16)13-8-9-5-4-7-14-15-9/h4-5,7,10H,2-3,6,8,12H2,1H3,(H,13,16). The second-order valence-corrected chi connectivity index (χ2v) is 3.68. The smallest absolute Gasteiger partial charge is 0.237 e. The van der Waals surface area contributed by atoms with E-state index in [1.54, 1.807) is 12.3 Å². The predicted octanol–water partition coefficient (Wildman–Crippen LogP) is 0.610. The number of aromatic nitrogens is 2. The van der Waals surface area contributed by atoms with E-state index in [9.17, 15) is 4.79 Å². The van der Waals surface area contributed by atoms with Crippen molar-refractivity contribution in [2.45, 2.75) is 38.8 Å². The first-order valence-corrected chi connectivity index (χ1v) is 5.54. The quantitative estimate of drug-likeness (QED) is 0.739. The normalized spacial score (nSPS) is 12.1. The molecule has 0 saturated heterocycles. The number of hydrogen-bond donors (Lipinski definition) is 2. The molecule has 1 heterocycles. The second kappa shape index (κ2) is 6.90. The summed E-state index contributed by atoms with van der Waals surface area (Å²) in [6, 6.07) is 3.17. The van der Waals surface area contributed by atoms with Crippen LogP contribution in [0, 0.1) is 0 Å². The van der Waals surface area contributed by atoms with Crippen LogP contribution < -0.4 is 11.1 Å². The Balaban J connectivity index is 2.29. The van der Waals surface area contributed by atoms with E-state index in [1.165, 1.54) is 0 Å². The Morgan fingerprint density at radius 1 is 1.62 bits per heavy atom. The van der Waals surface area contributed by atoms with Gasteiger partial charge in [-0.15, -0.1) is 0 Å². The van der Waals surface area contributed by atoms with E-state index >= 15 is 0 Å². The molecule has 88 valence electrons. The summed E-state index contributed by atoms with van der Waals surface area (Å²) >= 11 is 0. The summed E-state index contributed by atoms with van der Waals surface area (Å²) in [5.74, 6) is -0.126. The molecular formula is C11H18N4O. The fourth-order valence-corrected chi connectivity index (χ4v) is 1.29. The number of carbonyl (C=O) groups excluding carboxylic acids is 1. The largest absolute Gasteiger partial charge is 0.349 e. The maximum atomic E-state index is 11.5. The van der Waals surface area contributed by atoms with Crippen LogP contribution in [0.4, 0.5) is 0 Å². The fraction of sp³-hybridized carbons (Fsp3) is 0.545. The van der Waals surface area contributed by atoms with E-state index < -0.39 is 6.04 Å². The van der Waals surface area contributed by atoms with Crippen molar-refractivity contribution in [1.29, 1.82) is 0 Å². The number of hydrogen-bond acceptors (Lipinski definition) is 4. The summed E-state index contributed by atoms with van der Waals surface area (Å²) in [6.45, 7) is 2.46. The lowest BCUT2D eigenvalue weighted by molar-refractivity contribution is -0.122. The lowest BCUT2D eigenvalue weighted by Crippen LogP contribution is -2.40. The minimum Gasteiger partial charge on any atom is -0.349 e. The van der Waals surface area contributed by atoms with Crippen LogP contribution in [0.2, 0.25) is 0 Å². The van der Waals surface area contributed by atoms with E-state index in [2.05, 4.69) is 22.4 Å². The first-order chi connectivity index (χ1) is 7.74. The highest BCUT2D eigenvalue weighted by Crippen LogP contribution is 1.98. The zero-order chi connectivity index (χ0) is 11.8. The topological polar surface area (TPSA) is 80.9 Å². The molecule has 0 bridgehead atoms. The number of amides is 1. The second-order valence-electron chi connectivity index (χ2n) is 3.68. The van der Waals surface area contributed by atoms with Gasteiger partial charge in [-0.05, 0) is 18.6 Å². The first-order valence-electron chi connectivity index (χ1n) is 5.54. The lowest BCUT2D eigenvalue weighted by Gasteiger charge is -2.10. The SMILES string of the molecule is CCCCC(N)C(=O)NCc1cccnn1. The molecule has 1 unspecified atom stereocenters. The van der Waals surface area contributed by atoms with Crippen LogP contribution >= 0.6 is 0 Å². The van der Waals surface area contributed by atoms with Crippen molar-refractivity contribution in [3.63, 3.8) is 0 Å². The highest BCUT2D eigenvalue weighted by molar-refractivity contribution is 5.81. The highest BCUT2D eigenvalue weighted by atomic mass is 16.2. The van der Waals surface area contributed by atoms with E-state index in [0.29, 0.717) is 6.54 Å². The molecule has 0 aliphatic rings. The third kappa shape index (κ3) is 4.35. The average molecular weight is 222 g/mol. The molecule has 1 rings (SSSR count). The van der Waals surface area contributed by atoms with Gasteiger partial charge in [-0.2, -0.15) is 10.2 Å². The number of rotatable bonds is 6. The summed E-state index contributed by atoms with van der Waals surface area (Å²) in [7, 11) is 0.